The maximum atomic E-state index is 14.4. The maximum absolute atomic E-state index is 14.4. The molecule has 0 heterocycles. The summed E-state index contributed by atoms with van der Waals surface area (Å²) < 4.78 is 19.2. The van der Waals surface area contributed by atoms with Crippen LogP contribution in [0.25, 0.3) is 0 Å². The first kappa shape index (κ1) is 15.4. The zero-order chi connectivity index (χ0) is 12.6. The van der Waals surface area contributed by atoms with Gasteiger partial charge in [-0.3, -0.25) is 4.79 Å². The molecule has 0 aliphatic rings. The molecule has 1 atom stereocenters. The van der Waals surface area contributed by atoms with Crippen LogP contribution in [0, 0.1) is 0 Å². The van der Waals surface area contributed by atoms with Gasteiger partial charge in [0.05, 0.1) is 18.1 Å². The molecule has 0 aliphatic heterocycles. The van der Waals surface area contributed by atoms with Crippen LogP contribution < -0.4 is 0 Å². The lowest BCUT2D eigenvalue weighted by Crippen LogP contribution is -2.28. The van der Waals surface area contributed by atoms with Crippen LogP contribution in [0.15, 0.2) is 11.1 Å². The van der Waals surface area contributed by atoms with Crippen molar-refractivity contribution in [2.24, 2.45) is 0 Å². The Morgan fingerprint density at radius 3 is 2.56 bits per heavy atom. The molecule has 2 nitrogen and oxygen atoms in total. The monoisotopic (exact) mass is 250 g/mol. The molecule has 0 fully saturated rings. The van der Waals surface area contributed by atoms with Gasteiger partial charge in [0.2, 0.25) is 0 Å². The third-order valence-electron chi connectivity index (χ3n) is 2.34. The summed E-state index contributed by atoms with van der Waals surface area (Å²) in [6.07, 6.45) is 3.01. The van der Waals surface area contributed by atoms with Gasteiger partial charge in [0.15, 0.2) is 5.67 Å². The van der Waals surface area contributed by atoms with Crippen molar-refractivity contribution in [1.82, 2.24) is 0 Å². The van der Waals surface area contributed by atoms with Crippen LogP contribution in [0.3, 0.4) is 0 Å². The summed E-state index contributed by atoms with van der Waals surface area (Å²) >= 11 is 5.83. The topological polar surface area (TPSA) is 26.3 Å². The number of rotatable bonds is 7. The highest BCUT2D eigenvalue weighted by molar-refractivity contribution is 6.30. The van der Waals surface area contributed by atoms with E-state index in [1.165, 1.54) is 6.08 Å². The smallest absolute Gasteiger partial charge is 0.309 e. The molecule has 0 saturated heterocycles. The molecule has 0 saturated carbocycles. The number of carbonyl (C=O) groups excluding carboxylic acids is 1. The average Bonchev–Trinajstić information content (AvgIpc) is 2.25. The van der Waals surface area contributed by atoms with Gasteiger partial charge >= 0.3 is 5.97 Å². The Labute approximate surface area is 102 Å². The average molecular weight is 251 g/mol. The van der Waals surface area contributed by atoms with Gasteiger partial charge in [-0.1, -0.05) is 37.4 Å². The summed E-state index contributed by atoms with van der Waals surface area (Å²) in [4.78, 5) is 11.3. The maximum Gasteiger partial charge on any atom is 0.309 e. The van der Waals surface area contributed by atoms with E-state index in [9.17, 15) is 9.18 Å². The van der Waals surface area contributed by atoms with Gasteiger partial charge in [-0.15, -0.1) is 0 Å². The minimum absolute atomic E-state index is 0.0917. The molecular weight excluding hydrogens is 231 g/mol. The normalized spacial score (nSPS) is 15.7. The summed E-state index contributed by atoms with van der Waals surface area (Å²) in [7, 11) is 0. The summed E-state index contributed by atoms with van der Waals surface area (Å²) in [6.45, 7) is 5.58. The molecule has 0 spiro atoms. The van der Waals surface area contributed by atoms with Crippen molar-refractivity contribution in [2.75, 3.05) is 6.61 Å². The van der Waals surface area contributed by atoms with E-state index < -0.39 is 11.6 Å². The van der Waals surface area contributed by atoms with Crippen molar-refractivity contribution in [1.29, 1.82) is 0 Å². The second-order valence-corrected chi connectivity index (χ2v) is 4.09. The number of hydrogen-bond acceptors (Lipinski definition) is 2. The Hall–Kier alpha value is -0.570. The Morgan fingerprint density at radius 1 is 1.50 bits per heavy atom. The fourth-order valence-corrected chi connectivity index (χ4v) is 1.61. The van der Waals surface area contributed by atoms with Crippen LogP contribution >= 0.6 is 11.6 Å². The Kier molecular flexibility index (Phi) is 7.39. The largest absolute Gasteiger partial charge is 0.466 e. The molecule has 16 heavy (non-hydrogen) atoms. The summed E-state index contributed by atoms with van der Waals surface area (Å²) in [5.74, 6) is -0.541. The quantitative estimate of drug-likeness (QED) is 0.639. The zero-order valence-electron chi connectivity index (χ0n) is 10.2. The summed E-state index contributed by atoms with van der Waals surface area (Å²) in [6, 6.07) is 0. The van der Waals surface area contributed by atoms with E-state index >= 15 is 0 Å². The number of unbranched alkanes of at least 4 members (excludes halogenated alkanes) is 1. The molecule has 0 aromatic rings. The van der Waals surface area contributed by atoms with Crippen molar-refractivity contribution in [3.8, 4) is 0 Å². The van der Waals surface area contributed by atoms with E-state index in [4.69, 9.17) is 16.3 Å². The van der Waals surface area contributed by atoms with Crippen molar-refractivity contribution < 1.29 is 13.9 Å². The van der Waals surface area contributed by atoms with Crippen LogP contribution in [0.2, 0.25) is 0 Å². The fourth-order valence-electron chi connectivity index (χ4n) is 1.45. The lowest BCUT2D eigenvalue weighted by atomic mass is 9.94. The van der Waals surface area contributed by atoms with E-state index in [2.05, 4.69) is 0 Å². The van der Waals surface area contributed by atoms with Crippen LogP contribution in [0.1, 0.15) is 46.5 Å². The first-order chi connectivity index (χ1) is 7.50. The van der Waals surface area contributed by atoms with Crippen molar-refractivity contribution >= 4 is 17.6 Å². The molecule has 0 aromatic heterocycles. The molecule has 0 aliphatic carbocycles. The van der Waals surface area contributed by atoms with Crippen LogP contribution in [-0.2, 0) is 9.53 Å². The zero-order valence-corrected chi connectivity index (χ0v) is 10.9. The molecule has 0 unspecified atom stereocenters. The third kappa shape index (κ3) is 4.97. The van der Waals surface area contributed by atoms with Gasteiger partial charge in [-0.05, 0) is 20.3 Å². The number of carbonyl (C=O) groups is 1. The van der Waals surface area contributed by atoms with Gasteiger partial charge < -0.3 is 4.74 Å². The van der Waals surface area contributed by atoms with Gasteiger partial charge in [0, 0.05) is 0 Å². The van der Waals surface area contributed by atoms with Crippen LogP contribution in [-0.4, -0.2) is 18.2 Å². The standard InChI is InChI=1S/C12H20ClFO2/c1-4-7-8-12(14,10(13)5-2)9-11(15)16-6-3/h5H,4,6-9H2,1-3H3/b10-5-/t12-/m1/s1. The second kappa shape index (κ2) is 7.66. The van der Waals surface area contributed by atoms with E-state index in [0.717, 1.165) is 6.42 Å². The Morgan fingerprint density at radius 2 is 2.12 bits per heavy atom. The number of allylic oxidation sites excluding steroid dienone is 2. The highest BCUT2D eigenvalue weighted by Crippen LogP contribution is 2.34. The molecule has 0 N–H and O–H groups in total. The molecule has 0 amide bonds. The summed E-state index contributed by atoms with van der Waals surface area (Å²) in [5, 5.41) is 0.0917. The molecular formula is C12H20ClFO2. The predicted octanol–water partition coefficient (Wildman–Crippen LogP) is 3.98. The van der Waals surface area contributed by atoms with Crippen molar-refractivity contribution in [3.63, 3.8) is 0 Å². The highest BCUT2D eigenvalue weighted by Gasteiger charge is 2.35. The molecule has 94 valence electrons. The van der Waals surface area contributed by atoms with Gasteiger partial charge in [0.1, 0.15) is 0 Å². The molecule has 0 radical (unpaired) electrons. The number of halogens is 2. The predicted molar refractivity (Wildman–Crippen MR) is 64.2 cm³/mol. The fraction of sp³-hybridized carbons (Fsp3) is 0.750. The number of alkyl halides is 1. The van der Waals surface area contributed by atoms with E-state index in [1.54, 1.807) is 13.8 Å². The number of esters is 1. The van der Waals surface area contributed by atoms with Crippen molar-refractivity contribution in [3.05, 3.63) is 11.1 Å². The minimum Gasteiger partial charge on any atom is -0.466 e. The second-order valence-electron chi connectivity index (χ2n) is 3.69. The van der Waals surface area contributed by atoms with E-state index in [-0.39, 0.29) is 24.5 Å². The van der Waals surface area contributed by atoms with E-state index in [0.29, 0.717) is 6.42 Å². The lowest BCUT2D eigenvalue weighted by Gasteiger charge is -2.23. The Bertz CT molecular complexity index is 253. The van der Waals surface area contributed by atoms with E-state index in [1.807, 2.05) is 6.92 Å². The van der Waals surface area contributed by atoms with Gasteiger partial charge in [-0.25, -0.2) is 4.39 Å². The molecule has 0 aromatic carbocycles. The number of ether oxygens (including phenoxy) is 1. The molecule has 0 rings (SSSR count). The minimum atomic E-state index is -1.77. The van der Waals surface area contributed by atoms with Crippen molar-refractivity contribution in [2.45, 2.75) is 52.1 Å². The highest BCUT2D eigenvalue weighted by atomic mass is 35.5. The SMILES string of the molecule is C/C=C(\Cl)[C@@](F)(CCCC)CC(=O)OCC. The Balaban J connectivity index is 4.59. The molecule has 0 bridgehead atoms. The van der Waals surface area contributed by atoms with Crippen LogP contribution in [0.5, 0.6) is 0 Å². The van der Waals surface area contributed by atoms with Gasteiger partial charge in [0.25, 0.3) is 0 Å². The summed E-state index contributed by atoms with van der Waals surface area (Å²) in [5.41, 5.74) is -1.77. The molecule has 4 heteroatoms. The van der Waals surface area contributed by atoms with Gasteiger partial charge in [-0.2, -0.15) is 0 Å². The number of hydrogen-bond donors (Lipinski definition) is 0. The first-order valence-electron chi connectivity index (χ1n) is 5.67. The van der Waals surface area contributed by atoms with Crippen LogP contribution in [0.4, 0.5) is 4.39 Å². The lowest BCUT2D eigenvalue weighted by molar-refractivity contribution is -0.145. The third-order valence-corrected chi connectivity index (χ3v) is 2.89. The first-order valence-corrected chi connectivity index (χ1v) is 6.04.